The summed E-state index contributed by atoms with van der Waals surface area (Å²) in [5.74, 6) is -4.61. The van der Waals surface area contributed by atoms with Gasteiger partial charge in [0.25, 0.3) is 0 Å². The fourth-order valence-electron chi connectivity index (χ4n) is 8.15. The number of aryl methyl sites for hydroxylation is 1. The van der Waals surface area contributed by atoms with Gasteiger partial charge in [0.2, 0.25) is 47.3 Å². The number of imidazole rings is 1. The Kier molecular flexibility index (Phi) is 37.7. The zero-order valence-corrected chi connectivity index (χ0v) is 46.6. The van der Waals surface area contributed by atoms with E-state index < -0.39 is 91.3 Å². The van der Waals surface area contributed by atoms with Crippen molar-refractivity contribution in [2.24, 2.45) is 11.5 Å². The highest BCUT2D eigenvalue weighted by atomic mass is 16.5. The summed E-state index contributed by atoms with van der Waals surface area (Å²) in [5, 5.41) is 41.9. The number of aliphatic hydroxyl groups excluding tert-OH is 1. The monoisotopic (exact) mass is 1120 g/mol. The molecule has 0 spiro atoms. The molecule has 27 nitrogen and oxygen atoms in total. The van der Waals surface area contributed by atoms with Crippen LogP contribution in [0.5, 0.6) is 0 Å². The van der Waals surface area contributed by atoms with Gasteiger partial charge in [-0.2, -0.15) is 5.21 Å². The summed E-state index contributed by atoms with van der Waals surface area (Å²) >= 11 is 0. The molecule has 5 atom stereocenters. The van der Waals surface area contributed by atoms with Crippen LogP contribution in [-0.4, -0.2) is 172 Å². The Labute approximate surface area is 463 Å². The van der Waals surface area contributed by atoms with Gasteiger partial charge in [-0.15, -0.1) is 10.2 Å². The molecular weight excluding hydrogens is 1030 g/mol. The molecule has 0 fully saturated rings. The van der Waals surface area contributed by atoms with Gasteiger partial charge in [0, 0.05) is 50.7 Å². The van der Waals surface area contributed by atoms with Crippen molar-refractivity contribution in [3.05, 3.63) is 24.0 Å². The first-order valence-corrected chi connectivity index (χ1v) is 28.1. The third kappa shape index (κ3) is 34.2. The molecule has 0 aliphatic rings. The Morgan fingerprint density at radius 2 is 1.27 bits per heavy atom. The van der Waals surface area contributed by atoms with E-state index in [9.17, 15) is 48.3 Å². The second kappa shape index (κ2) is 43.4. The largest absolute Gasteiger partial charge is 0.394 e. The molecule has 2 rings (SSSR count). The van der Waals surface area contributed by atoms with Gasteiger partial charge in [-0.25, -0.2) is 4.98 Å². The summed E-state index contributed by atoms with van der Waals surface area (Å²) in [6, 6.07) is -5.72. The van der Waals surface area contributed by atoms with Crippen LogP contribution in [0.2, 0.25) is 0 Å². The van der Waals surface area contributed by atoms with Gasteiger partial charge in [-0.05, 0) is 51.9 Å². The fourth-order valence-corrected chi connectivity index (χ4v) is 8.15. The lowest BCUT2D eigenvalue weighted by molar-refractivity contribution is -0.135. The molecule has 27 heteroatoms. The predicted octanol–water partition coefficient (Wildman–Crippen LogP) is 0.0250. The smallest absolute Gasteiger partial charge is 0.246 e. The van der Waals surface area contributed by atoms with E-state index in [1.807, 2.05) is 6.92 Å². The number of nitrogens with one attached hydrogen (secondary N) is 9. The molecule has 0 aliphatic carbocycles. The first-order valence-electron chi connectivity index (χ1n) is 28.1. The minimum Gasteiger partial charge on any atom is -0.394 e. The van der Waals surface area contributed by atoms with Crippen molar-refractivity contribution in [2.45, 2.75) is 198 Å². The number of hydrogen-bond acceptors (Lipinski definition) is 17. The fraction of sp³-hybridized carbons (Fsp3) is 0.750. The maximum atomic E-state index is 13.7. The van der Waals surface area contributed by atoms with E-state index in [4.69, 9.17) is 20.9 Å². The van der Waals surface area contributed by atoms with E-state index >= 15 is 0 Å². The Hall–Kier alpha value is -6.45. The summed E-state index contributed by atoms with van der Waals surface area (Å²) in [4.78, 5) is 121. The van der Waals surface area contributed by atoms with Crippen LogP contribution in [0.4, 0.5) is 0 Å². The lowest BCUT2D eigenvalue weighted by Gasteiger charge is -2.24. The van der Waals surface area contributed by atoms with E-state index in [0.717, 1.165) is 50.8 Å². The first kappa shape index (κ1) is 68.7. The summed E-state index contributed by atoms with van der Waals surface area (Å²) in [6.45, 7) is 2.46. The van der Waals surface area contributed by atoms with Crippen LogP contribution >= 0.6 is 0 Å². The number of aromatic amines is 2. The van der Waals surface area contributed by atoms with Crippen molar-refractivity contribution < 1.29 is 57.7 Å². The van der Waals surface area contributed by atoms with Crippen molar-refractivity contribution >= 4 is 53.0 Å². The third-order valence-electron chi connectivity index (χ3n) is 12.8. The van der Waals surface area contributed by atoms with Crippen molar-refractivity contribution in [3.63, 3.8) is 0 Å². The number of aromatic nitrogens is 6. The lowest BCUT2D eigenvalue weighted by Crippen LogP contribution is -2.58. The molecular formula is C52H91N15O12. The molecule has 0 saturated heterocycles. The second-order valence-electron chi connectivity index (χ2n) is 19.6. The minimum absolute atomic E-state index is 0.0277. The van der Waals surface area contributed by atoms with Crippen molar-refractivity contribution in [1.82, 2.24) is 67.8 Å². The maximum absolute atomic E-state index is 13.7. The van der Waals surface area contributed by atoms with Crippen LogP contribution in [-0.2, 0) is 65.5 Å². The van der Waals surface area contributed by atoms with Gasteiger partial charge in [0.05, 0.1) is 51.4 Å². The summed E-state index contributed by atoms with van der Waals surface area (Å²) in [6.07, 6.45) is 22.1. The van der Waals surface area contributed by atoms with E-state index in [0.29, 0.717) is 37.9 Å². The van der Waals surface area contributed by atoms with E-state index in [1.54, 1.807) is 0 Å². The minimum atomic E-state index is -1.59. The number of carbonyl (C=O) groups excluding carboxylic acids is 9. The van der Waals surface area contributed by atoms with Crippen molar-refractivity contribution in [2.75, 3.05) is 52.7 Å². The topological polar surface area (TPSA) is 412 Å². The molecule has 2 aromatic heterocycles. The van der Waals surface area contributed by atoms with Crippen LogP contribution in [0.25, 0.3) is 0 Å². The number of Topliss-reactive ketones (excluding diaryl/α,β-unsaturated/α-hetero) is 1. The average Bonchev–Trinajstić information content (AvgIpc) is 4.16. The standard InChI is InChI=1S/C52H91N15O12/c1-3-4-21-40(37(2)69)61-49(74)39(53)20-18-19-26-57-50(75)42(31-38-32-55-36-59-38)63-51(76)41(24-25-44(54)70)62-52(77)43(34-68)60-47(72)33-58-48(73)35-79-30-29-78-28-27-56-46(71)23-17-15-13-11-9-7-5-6-8-10-12-14-16-22-45-64-66-67-65-45/h32,36,39-43,68H,3-31,33-35,53H2,1-2H3,(H2,54,70)(H,55,59)(H,56,71)(H,57,75)(H,58,73)(H,60,72)(H,61,74)(H,62,77)(H,63,76)(H,64,65,66,67)/t39-,40-,41-,42-,43-/m0/s1. The average molecular weight is 1120 g/mol. The molecule has 0 aromatic carbocycles. The Bertz CT molecular complexity index is 2050. The zero-order chi connectivity index (χ0) is 57.9. The number of nitrogens with two attached hydrogens (primary N) is 2. The highest BCUT2D eigenvalue weighted by Gasteiger charge is 2.30. The van der Waals surface area contributed by atoms with Crippen LogP contribution in [0.3, 0.4) is 0 Å². The molecule has 446 valence electrons. The number of unbranched alkanes of at least 4 members (excludes halogenated alkanes) is 14. The Balaban J connectivity index is 1.63. The number of primary amides is 1. The summed E-state index contributed by atoms with van der Waals surface area (Å²) in [5.41, 5.74) is 11.9. The molecule has 2 heterocycles. The zero-order valence-electron chi connectivity index (χ0n) is 46.6. The SMILES string of the molecule is CCCC[C@H](NC(=O)[C@@H](N)CCCCNC(=O)[C@H](Cc1cnc[nH]1)NC(=O)[C@H](CCC(N)=O)NC(=O)[C@H](CO)NC(=O)CNC(=O)COCCOCCNC(=O)CCCCCCCCCCCCCCCc1nn[nH]n1)C(C)=O. The third-order valence-corrected chi connectivity index (χ3v) is 12.8. The quantitative estimate of drug-likeness (QED) is 0.0389. The number of ether oxygens (including phenoxy) is 2. The molecule has 79 heavy (non-hydrogen) atoms. The molecule has 0 unspecified atom stereocenters. The highest BCUT2D eigenvalue weighted by Crippen LogP contribution is 2.14. The summed E-state index contributed by atoms with van der Waals surface area (Å²) in [7, 11) is 0. The first-order chi connectivity index (χ1) is 38.1. The van der Waals surface area contributed by atoms with Crippen LogP contribution in [0.1, 0.15) is 167 Å². The number of ketones is 1. The van der Waals surface area contributed by atoms with Gasteiger partial charge in [-0.3, -0.25) is 43.2 Å². The normalized spacial score (nSPS) is 13.0. The number of H-pyrrole nitrogens is 2. The number of amides is 8. The molecule has 2 aromatic rings. The van der Waals surface area contributed by atoms with Crippen LogP contribution in [0, 0.1) is 0 Å². The number of rotatable bonds is 49. The van der Waals surface area contributed by atoms with Crippen molar-refractivity contribution in [3.8, 4) is 0 Å². The predicted molar refractivity (Wildman–Crippen MR) is 291 cm³/mol. The highest BCUT2D eigenvalue weighted by molar-refractivity contribution is 5.95. The molecule has 8 amide bonds. The lowest BCUT2D eigenvalue weighted by atomic mass is 10.0. The molecule has 0 radical (unpaired) electrons. The maximum Gasteiger partial charge on any atom is 0.246 e. The van der Waals surface area contributed by atoms with Gasteiger partial charge >= 0.3 is 0 Å². The molecule has 0 bridgehead atoms. The van der Waals surface area contributed by atoms with Gasteiger partial charge in [0.1, 0.15) is 24.7 Å². The van der Waals surface area contributed by atoms with Gasteiger partial charge in [0.15, 0.2) is 11.6 Å². The molecule has 0 aliphatic heterocycles. The van der Waals surface area contributed by atoms with Crippen molar-refractivity contribution in [1.29, 1.82) is 0 Å². The summed E-state index contributed by atoms with van der Waals surface area (Å²) < 4.78 is 10.8. The van der Waals surface area contributed by atoms with Crippen LogP contribution < -0.4 is 48.7 Å². The molecule has 14 N–H and O–H groups in total. The number of tetrazole rings is 1. The Morgan fingerprint density at radius 3 is 1.89 bits per heavy atom. The number of carbonyl (C=O) groups is 9. The van der Waals surface area contributed by atoms with E-state index in [1.165, 1.54) is 77.2 Å². The number of aliphatic hydroxyl groups is 1. The second-order valence-corrected chi connectivity index (χ2v) is 19.6. The number of nitrogens with zero attached hydrogens (tertiary/aromatic N) is 4. The van der Waals surface area contributed by atoms with Gasteiger partial charge < -0.3 is 68.2 Å². The molecule has 0 saturated carbocycles. The van der Waals surface area contributed by atoms with E-state index in [-0.39, 0.29) is 63.7 Å². The van der Waals surface area contributed by atoms with Crippen LogP contribution in [0.15, 0.2) is 12.5 Å². The van der Waals surface area contributed by atoms with Gasteiger partial charge in [-0.1, -0.05) is 95.6 Å². The Morgan fingerprint density at radius 1 is 0.620 bits per heavy atom. The van der Waals surface area contributed by atoms with E-state index in [2.05, 4.69) is 67.8 Å². The number of hydrogen-bond donors (Lipinski definition) is 12.